The second kappa shape index (κ2) is 11.9. The van der Waals surface area contributed by atoms with Crippen molar-refractivity contribution in [2.75, 3.05) is 37.7 Å². The molecule has 0 spiro atoms. The Bertz CT molecular complexity index is 1280. The number of Topliss-reactive ketones (excluding diaryl/α,β-unsaturated/α-hetero) is 1. The first-order valence-corrected chi connectivity index (χ1v) is 15.1. The lowest BCUT2D eigenvalue weighted by Gasteiger charge is -2.44. The molecule has 0 radical (unpaired) electrons. The van der Waals surface area contributed by atoms with Gasteiger partial charge in [-0.15, -0.1) is 0 Å². The summed E-state index contributed by atoms with van der Waals surface area (Å²) in [4.78, 5) is 22.3. The van der Waals surface area contributed by atoms with Crippen molar-refractivity contribution in [1.29, 1.82) is 0 Å². The third-order valence-corrected chi connectivity index (χ3v) is 9.33. The quantitative estimate of drug-likeness (QED) is 0.344. The molecule has 6 nitrogen and oxygen atoms in total. The summed E-state index contributed by atoms with van der Waals surface area (Å²) < 4.78 is 11.9. The number of anilines is 1. The van der Waals surface area contributed by atoms with E-state index in [0.29, 0.717) is 36.5 Å². The summed E-state index contributed by atoms with van der Waals surface area (Å²) in [6.07, 6.45) is 11.8. The van der Waals surface area contributed by atoms with Crippen LogP contribution in [0.2, 0.25) is 0 Å². The van der Waals surface area contributed by atoms with Crippen molar-refractivity contribution in [1.82, 2.24) is 9.88 Å². The maximum Gasteiger partial charge on any atom is 0.215 e. The largest absolute Gasteiger partial charge is 0.473 e. The maximum atomic E-state index is 12.4. The molecule has 2 aliphatic carbocycles. The molecule has 1 aromatic carbocycles. The SMILES string of the molecule is CC1=CC=CC(C[C@H]2CCO2)C1CN1CCN(c2cccc(OCc3ccc(C(=O)C4CC4)cc3C)n2)C[C@@H]1C. The molecule has 3 fully saturated rings. The minimum absolute atomic E-state index is 0.243. The van der Waals surface area contributed by atoms with E-state index in [4.69, 9.17) is 14.5 Å². The van der Waals surface area contributed by atoms with Gasteiger partial charge >= 0.3 is 0 Å². The lowest BCUT2D eigenvalue weighted by Crippen LogP contribution is -2.54. The zero-order valence-corrected chi connectivity index (χ0v) is 24.2. The number of allylic oxidation sites excluding steroid dienone is 3. The van der Waals surface area contributed by atoms with Crippen molar-refractivity contribution in [2.45, 2.75) is 65.2 Å². The predicted molar refractivity (Wildman–Crippen MR) is 159 cm³/mol. The molecule has 3 heterocycles. The normalized spacial score (nSPS) is 26.8. The van der Waals surface area contributed by atoms with Gasteiger partial charge < -0.3 is 14.4 Å². The molecule has 212 valence electrons. The van der Waals surface area contributed by atoms with E-state index < -0.39 is 0 Å². The van der Waals surface area contributed by atoms with Crippen LogP contribution in [0.25, 0.3) is 0 Å². The fourth-order valence-electron chi connectivity index (χ4n) is 6.37. The predicted octanol–water partition coefficient (Wildman–Crippen LogP) is 6.00. The van der Waals surface area contributed by atoms with Crippen LogP contribution < -0.4 is 9.64 Å². The molecule has 1 saturated carbocycles. The highest BCUT2D eigenvalue weighted by molar-refractivity contribution is 5.99. The number of hydrogen-bond acceptors (Lipinski definition) is 6. The summed E-state index contributed by atoms with van der Waals surface area (Å²) in [5, 5.41) is 0. The Labute approximate surface area is 239 Å². The van der Waals surface area contributed by atoms with Crippen molar-refractivity contribution in [3.8, 4) is 5.88 Å². The molecule has 2 aromatic rings. The molecule has 0 bridgehead atoms. The number of pyridine rings is 1. The number of ether oxygens (including phenoxy) is 2. The molecular weight excluding hydrogens is 498 g/mol. The number of carbonyl (C=O) groups excluding carboxylic acids is 1. The van der Waals surface area contributed by atoms with Gasteiger partial charge in [0.05, 0.1) is 6.10 Å². The first-order valence-electron chi connectivity index (χ1n) is 15.1. The smallest absolute Gasteiger partial charge is 0.215 e. The highest BCUT2D eigenvalue weighted by Crippen LogP contribution is 2.35. The molecule has 6 heteroatoms. The van der Waals surface area contributed by atoms with Gasteiger partial charge in [0.2, 0.25) is 5.88 Å². The molecule has 40 heavy (non-hydrogen) atoms. The third-order valence-electron chi connectivity index (χ3n) is 9.33. The van der Waals surface area contributed by atoms with Crippen LogP contribution in [0, 0.1) is 24.7 Å². The number of rotatable bonds is 10. The maximum absolute atomic E-state index is 12.4. The zero-order chi connectivity index (χ0) is 27.6. The minimum atomic E-state index is 0.243. The van der Waals surface area contributed by atoms with Crippen molar-refractivity contribution >= 4 is 11.6 Å². The van der Waals surface area contributed by atoms with E-state index in [-0.39, 0.29) is 11.7 Å². The van der Waals surface area contributed by atoms with E-state index in [2.05, 4.69) is 54.9 Å². The van der Waals surface area contributed by atoms with Crippen LogP contribution in [-0.4, -0.2) is 60.6 Å². The summed E-state index contributed by atoms with van der Waals surface area (Å²) in [6, 6.07) is 12.5. The van der Waals surface area contributed by atoms with Crippen molar-refractivity contribution in [2.24, 2.45) is 17.8 Å². The van der Waals surface area contributed by atoms with Crippen LogP contribution in [0.3, 0.4) is 0 Å². The number of aromatic nitrogens is 1. The monoisotopic (exact) mass is 541 g/mol. The fourth-order valence-corrected chi connectivity index (χ4v) is 6.37. The molecule has 0 amide bonds. The Morgan fingerprint density at radius 1 is 1.12 bits per heavy atom. The van der Waals surface area contributed by atoms with Gasteiger partial charge in [-0.3, -0.25) is 9.69 Å². The molecule has 0 N–H and O–H groups in total. The van der Waals surface area contributed by atoms with Gasteiger partial charge in [-0.2, -0.15) is 4.98 Å². The second-order valence-corrected chi connectivity index (χ2v) is 12.3. The number of carbonyl (C=O) groups is 1. The van der Waals surface area contributed by atoms with Crippen LogP contribution in [-0.2, 0) is 11.3 Å². The van der Waals surface area contributed by atoms with E-state index >= 15 is 0 Å². The Kier molecular flexibility index (Phi) is 8.08. The molecule has 4 atom stereocenters. The van der Waals surface area contributed by atoms with Crippen LogP contribution in [0.15, 0.2) is 60.2 Å². The van der Waals surface area contributed by atoms with E-state index in [1.807, 2.05) is 30.3 Å². The Morgan fingerprint density at radius 2 is 1.98 bits per heavy atom. The van der Waals surface area contributed by atoms with Gasteiger partial charge in [-0.05, 0) is 81.5 Å². The van der Waals surface area contributed by atoms with Crippen LogP contribution >= 0.6 is 0 Å². The van der Waals surface area contributed by atoms with Gasteiger partial charge in [0, 0.05) is 56.4 Å². The molecule has 6 rings (SSSR count). The number of piperazine rings is 1. The van der Waals surface area contributed by atoms with Gasteiger partial charge in [0.1, 0.15) is 12.4 Å². The first-order chi connectivity index (χ1) is 19.4. The zero-order valence-electron chi connectivity index (χ0n) is 24.2. The van der Waals surface area contributed by atoms with Crippen LogP contribution in [0.5, 0.6) is 5.88 Å². The standard InChI is InChI=1S/C34H43N3O3/c1-23-6-4-7-27(19-30-14-17-39-30)31(23)21-36-15-16-37(20-25(36)3)32-8-5-9-33(35-32)40-22-29-13-12-28(18-24(29)2)34(38)26-10-11-26/h4-9,12-13,18,25-27,30-31H,10-11,14-17,19-22H2,1-3H3/t25-,27?,30+,31?/m0/s1. The summed E-state index contributed by atoms with van der Waals surface area (Å²) >= 11 is 0. The van der Waals surface area contributed by atoms with Gasteiger partial charge in [0.15, 0.2) is 5.78 Å². The highest BCUT2D eigenvalue weighted by Gasteiger charge is 2.33. The number of benzene rings is 1. The van der Waals surface area contributed by atoms with E-state index in [0.717, 1.165) is 74.6 Å². The molecule has 2 unspecified atom stereocenters. The number of ketones is 1. The topological polar surface area (TPSA) is 54.9 Å². The molecule has 4 aliphatic rings. The highest BCUT2D eigenvalue weighted by atomic mass is 16.5. The second-order valence-electron chi connectivity index (χ2n) is 12.3. The first kappa shape index (κ1) is 27.2. The fraction of sp³-hybridized carbons (Fsp3) is 0.529. The molecule has 1 aromatic heterocycles. The van der Waals surface area contributed by atoms with Crippen molar-refractivity contribution < 1.29 is 14.3 Å². The Hall–Kier alpha value is -2.96. The van der Waals surface area contributed by atoms with Crippen LogP contribution in [0.1, 0.15) is 61.0 Å². The number of aryl methyl sites for hydroxylation is 1. The third kappa shape index (κ3) is 6.18. The van der Waals surface area contributed by atoms with Gasteiger partial charge in [-0.1, -0.05) is 42.0 Å². The lowest BCUT2D eigenvalue weighted by atomic mass is 9.78. The summed E-state index contributed by atoms with van der Waals surface area (Å²) in [6.45, 7) is 12.1. The van der Waals surface area contributed by atoms with Crippen molar-refractivity contribution in [3.05, 3.63) is 76.9 Å². The lowest BCUT2D eigenvalue weighted by molar-refractivity contribution is -0.0632. The van der Waals surface area contributed by atoms with E-state index in [1.165, 1.54) is 12.0 Å². The number of hydrogen-bond donors (Lipinski definition) is 0. The average Bonchev–Trinajstić information content (AvgIpc) is 3.78. The van der Waals surface area contributed by atoms with E-state index in [1.54, 1.807) is 0 Å². The summed E-state index contributed by atoms with van der Waals surface area (Å²) in [5.74, 6) is 3.26. The molecular formula is C34H43N3O3. The molecule has 2 saturated heterocycles. The Morgan fingerprint density at radius 3 is 2.70 bits per heavy atom. The Balaban J connectivity index is 1.04. The summed E-state index contributed by atoms with van der Waals surface area (Å²) in [5.41, 5.74) is 4.50. The minimum Gasteiger partial charge on any atom is -0.473 e. The van der Waals surface area contributed by atoms with E-state index in [9.17, 15) is 4.79 Å². The number of nitrogens with zero attached hydrogens (tertiary/aromatic N) is 3. The summed E-state index contributed by atoms with van der Waals surface area (Å²) in [7, 11) is 0. The van der Waals surface area contributed by atoms with Gasteiger partial charge in [0.25, 0.3) is 0 Å². The van der Waals surface area contributed by atoms with Crippen LogP contribution in [0.4, 0.5) is 5.82 Å². The molecule has 2 aliphatic heterocycles. The average molecular weight is 542 g/mol. The van der Waals surface area contributed by atoms with Gasteiger partial charge in [-0.25, -0.2) is 0 Å². The van der Waals surface area contributed by atoms with Crippen molar-refractivity contribution in [3.63, 3.8) is 0 Å².